The zero-order valence-corrected chi connectivity index (χ0v) is 16.7. The van der Waals surface area contributed by atoms with E-state index in [0.29, 0.717) is 41.4 Å². The van der Waals surface area contributed by atoms with Crippen LogP contribution >= 0.6 is 11.6 Å². The molecule has 1 N–H and O–H groups in total. The molecule has 0 aliphatic heterocycles. The fraction of sp³-hybridized carbons (Fsp3) is 0.364. The third-order valence-corrected chi connectivity index (χ3v) is 4.40. The highest BCUT2D eigenvalue weighted by atomic mass is 35.5. The maximum absolute atomic E-state index is 13.7. The summed E-state index contributed by atoms with van der Waals surface area (Å²) in [5.41, 5.74) is 1.45. The van der Waals surface area contributed by atoms with Crippen molar-refractivity contribution in [3.05, 3.63) is 64.4 Å². The van der Waals surface area contributed by atoms with Crippen molar-refractivity contribution in [3.8, 4) is 5.75 Å². The van der Waals surface area contributed by atoms with Crippen molar-refractivity contribution in [2.24, 2.45) is 4.99 Å². The number of phenolic OH excluding ortho intramolecular Hbond substituents is 1. The molecule has 0 unspecified atom stereocenters. The van der Waals surface area contributed by atoms with Crippen LogP contribution in [0.3, 0.4) is 0 Å². The second-order valence-corrected chi connectivity index (χ2v) is 6.87. The zero-order chi connectivity index (χ0) is 20.4. The number of ether oxygens (including phenoxy) is 1. The number of esters is 1. The van der Waals surface area contributed by atoms with Crippen molar-refractivity contribution in [2.45, 2.75) is 39.0 Å². The molecule has 0 spiro atoms. The van der Waals surface area contributed by atoms with Gasteiger partial charge in [-0.05, 0) is 43.2 Å². The summed E-state index contributed by atoms with van der Waals surface area (Å²) in [6, 6.07) is 10.6. The summed E-state index contributed by atoms with van der Waals surface area (Å²) in [7, 11) is 0. The molecule has 0 saturated heterocycles. The van der Waals surface area contributed by atoms with E-state index in [9.17, 15) is 14.3 Å². The topological polar surface area (TPSA) is 58.9 Å². The Balaban J connectivity index is 2.06. The molecule has 0 aliphatic rings. The minimum atomic E-state index is -0.467. The number of aliphatic imine (C=N–C) groups is 1. The number of carbonyl (C=O) groups is 1. The van der Waals surface area contributed by atoms with E-state index in [2.05, 4.69) is 11.9 Å². The molecular formula is C22H25ClFNO3. The molecule has 6 heteroatoms. The summed E-state index contributed by atoms with van der Waals surface area (Å²) >= 11 is 5.94. The van der Waals surface area contributed by atoms with Gasteiger partial charge in [-0.15, -0.1) is 0 Å². The number of carbonyl (C=O) groups excluding carboxylic acids is 1. The third-order valence-electron chi connectivity index (χ3n) is 4.15. The molecule has 2 aromatic carbocycles. The molecule has 150 valence electrons. The molecule has 2 rings (SSSR count). The number of hydrogen-bond donors (Lipinski definition) is 1. The first-order chi connectivity index (χ1) is 13.5. The summed E-state index contributed by atoms with van der Waals surface area (Å²) in [6.07, 6.45) is 3.75. The van der Waals surface area contributed by atoms with Gasteiger partial charge in [0.1, 0.15) is 11.6 Å². The number of phenols is 1. The summed E-state index contributed by atoms with van der Waals surface area (Å²) in [6.45, 7) is 2.88. The summed E-state index contributed by atoms with van der Waals surface area (Å²) in [5, 5.41) is 10.7. The van der Waals surface area contributed by atoms with E-state index in [0.717, 1.165) is 19.3 Å². The van der Waals surface area contributed by atoms with Crippen LogP contribution in [0.1, 0.15) is 50.2 Å². The van der Waals surface area contributed by atoms with Crippen LogP contribution < -0.4 is 0 Å². The smallest absolute Gasteiger partial charge is 0.305 e. The van der Waals surface area contributed by atoms with E-state index in [-0.39, 0.29) is 18.1 Å². The lowest BCUT2D eigenvalue weighted by Crippen LogP contribution is -2.08. The van der Waals surface area contributed by atoms with Gasteiger partial charge in [0.25, 0.3) is 0 Å². The van der Waals surface area contributed by atoms with Gasteiger partial charge in [0.2, 0.25) is 0 Å². The van der Waals surface area contributed by atoms with Crippen LogP contribution in [0.5, 0.6) is 5.75 Å². The standard InChI is InChI=1S/C22H25ClFNO3/c1-2-3-4-14-28-21(27)6-5-13-25-22(16-7-9-17(23)10-8-16)19-15-18(24)11-12-20(19)26/h7-12,15,26H,2-6,13-14H2,1H3. The van der Waals surface area contributed by atoms with Gasteiger partial charge in [0.15, 0.2) is 0 Å². The monoisotopic (exact) mass is 405 g/mol. The van der Waals surface area contributed by atoms with E-state index in [4.69, 9.17) is 16.3 Å². The number of halogens is 2. The first-order valence-corrected chi connectivity index (χ1v) is 9.84. The lowest BCUT2D eigenvalue weighted by atomic mass is 10.0. The highest BCUT2D eigenvalue weighted by molar-refractivity contribution is 6.30. The molecule has 2 aromatic rings. The van der Waals surface area contributed by atoms with Gasteiger partial charge in [0, 0.05) is 29.1 Å². The highest BCUT2D eigenvalue weighted by Gasteiger charge is 2.13. The Bertz CT molecular complexity index is 806. The molecule has 0 atom stereocenters. The van der Waals surface area contributed by atoms with Crippen molar-refractivity contribution in [3.63, 3.8) is 0 Å². The van der Waals surface area contributed by atoms with E-state index in [1.165, 1.54) is 18.2 Å². The maximum Gasteiger partial charge on any atom is 0.305 e. The van der Waals surface area contributed by atoms with Gasteiger partial charge in [-0.2, -0.15) is 0 Å². The summed E-state index contributed by atoms with van der Waals surface area (Å²) < 4.78 is 18.9. The van der Waals surface area contributed by atoms with Crippen molar-refractivity contribution >= 4 is 23.3 Å². The fourth-order valence-electron chi connectivity index (χ4n) is 2.66. The average Bonchev–Trinajstić information content (AvgIpc) is 2.68. The van der Waals surface area contributed by atoms with Crippen LogP contribution in [0.25, 0.3) is 0 Å². The second-order valence-electron chi connectivity index (χ2n) is 6.43. The minimum Gasteiger partial charge on any atom is -0.507 e. The molecule has 0 saturated carbocycles. The van der Waals surface area contributed by atoms with Crippen molar-refractivity contribution < 1.29 is 19.0 Å². The predicted octanol–water partition coefficient (Wildman–Crippen LogP) is 5.54. The molecule has 0 aromatic heterocycles. The Morgan fingerprint density at radius 2 is 1.89 bits per heavy atom. The molecule has 0 bridgehead atoms. The molecule has 0 heterocycles. The normalized spacial score (nSPS) is 11.5. The molecule has 0 radical (unpaired) electrons. The van der Waals surface area contributed by atoms with Gasteiger partial charge in [-0.25, -0.2) is 4.39 Å². The lowest BCUT2D eigenvalue weighted by molar-refractivity contribution is -0.143. The van der Waals surface area contributed by atoms with Gasteiger partial charge in [-0.1, -0.05) is 43.5 Å². The summed E-state index contributed by atoms with van der Waals surface area (Å²) in [5.74, 6) is -0.775. The Morgan fingerprint density at radius 3 is 2.61 bits per heavy atom. The predicted molar refractivity (Wildman–Crippen MR) is 110 cm³/mol. The lowest BCUT2D eigenvalue weighted by Gasteiger charge is -2.10. The van der Waals surface area contributed by atoms with Crippen LogP contribution in [0.2, 0.25) is 5.02 Å². The Labute approximate surface area is 170 Å². The largest absolute Gasteiger partial charge is 0.507 e. The Hall–Kier alpha value is -2.40. The fourth-order valence-corrected chi connectivity index (χ4v) is 2.79. The quantitative estimate of drug-likeness (QED) is 0.321. The number of benzene rings is 2. The van der Waals surface area contributed by atoms with Crippen LogP contribution in [0.4, 0.5) is 4.39 Å². The molecule has 28 heavy (non-hydrogen) atoms. The molecular weight excluding hydrogens is 381 g/mol. The third kappa shape index (κ3) is 6.97. The summed E-state index contributed by atoms with van der Waals surface area (Å²) in [4.78, 5) is 16.3. The van der Waals surface area contributed by atoms with Gasteiger partial charge in [-0.3, -0.25) is 9.79 Å². The van der Waals surface area contributed by atoms with Gasteiger partial charge < -0.3 is 9.84 Å². The first kappa shape index (κ1) is 21.9. The number of nitrogens with zero attached hydrogens (tertiary/aromatic N) is 1. The van der Waals surface area contributed by atoms with Gasteiger partial charge in [0.05, 0.1) is 12.3 Å². The van der Waals surface area contributed by atoms with Crippen LogP contribution in [0, 0.1) is 5.82 Å². The molecule has 4 nitrogen and oxygen atoms in total. The zero-order valence-electron chi connectivity index (χ0n) is 16.0. The van der Waals surface area contributed by atoms with E-state index in [1.54, 1.807) is 24.3 Å². The average molecular weight is 406 g/mol. The van der Waals surface area contributed by atoms with Crippen molar-refractivity contribution in [1.82, 2.24) is 0 Å². The number of hydrogen-bond acceptors (Lipinski definition) is 4. The number of aromatic hydroxyl groups is 1. The van der Waals surface area contributed by atoms with E-state index in [1.807, 2.05) is 0 Å². The minimum absolute atomic E-state index is 0.0644. The molecule has 0 fully saturated rings. The number of unbranched alkanes of at least 4 members (excludes halogenated alkanes) is 2. The van der Waals surface area contributed by atoms with E-state index < -0.39 is 5.82 Å². The van der Waals surface area contributed by atoms with Gasteiger partial charge >= 0.3 is 5.97 Å². The highest BCUT2D eigenvalue weighted by Crippen LogP contribution is 2.23. The van der Waals surface area contributed by atoms with Crippen LogP contribution in [0.15, 0.2) is 47.5 Å². The Kier molecular flexibility index (Phi) is 8.95. The van der Waals surface area contributed by atoms with Crippen molar-refractivity contribution in [2.75, 3.05) is 13.2 Å². The Morgan fingerprint density at radius 1 is 1.14 bits per heavy atom. The maximum atomic E-state index is 13.7. The van der Waals surface area contributed by atoms with Crippen LogP contribution in [-0.4, -0.2) is 29.9 Å². The van der Waals surface area contributed by atoms with Crippen molar-refractivity contribution in [1.29, 1.82) is 0 Å². The second kappa shape index (κ2) is 11.4. The number of rotatable bonds is 10. The van der Waals surface area contributed by atoms with E-state index >= 15 is 0 Å². The molecule has 0 aliphatic carbocycles. The van der Waals surface area contributed by atoms with Crippen LogP contribution in [-0.2, 0) is 9.53 Å². The first-order valence-electron chi connectivity index (χ1n) is 9.46. The SMILES string of the molecule is CCCCCOC(=O)CCCN=C(c1ccc(Cl)cc1)c1cc(F)ccc1O. The molecule has 0 amide bonds.